The van der Waals surface area contributed by atoms with Crippen molar-refractivity contribution in [2.24, 2.45) is 4.99 Å². The highest BCUT2D eigenvalue weighted by Crippen LogP contribution is 2.24. The fraction of sp³-hybridized carbons (Fsp3) is 0.650. The van der Waals surface area contributed by atoms with Crippen LogP contribution in [-0.2, 0) is 21.3 Å². The molecule has 1 unspecified atom stereocenters. The fourth-order valence-electron chi connectivity index (χ4n) is 3.11. The molecule has 8 heteroatoms. The second kappa shape index (κ2) is 9.24. The second-order valence-electron chi connectivity index (χ2n) is 8.41. The largest absolute Gasteiger partial charge is 0.373 e. The van der Waals surface area contributed by atoms with Crippen LogP contribution in [0.25, 0.3) is 0 Å². The summed E-state index contributed by atoms with van der Waals surface area (Å²) >= 11 is 0. The molecule has 158 valence electrons. The lowest BCUT2D eigenvalue weighted by molar-refractivity contribution is 0.0243. The summed E-state index contributed by atoms with van der Waals surface area (Å²) in [6, 6.07) is 6.97. The lowest BCUT2D eigenvalue weighted by atomic mass is 10.0. The first-order valence-corrected chi connectivity index (χ1v) is 11.3. The fourth-order valence-corrected chi connectivity index (χ4v) is 4.76. The van der Waals surface area contributed by atoms with Gasteiger partial charge in [0.25, 0.3) is 0 Å². The molecule has 7 nitrogen and oxygen atoms in total. The number of hydrogen-bond donors (Lipinski definition) is 3. The lowest BCUT2D eigenvalue weighted by Crippen LogP contribution is -2.45. The average Bonchev–Trinajstić information content (AvgIpc) is 3.02. The van der Waals surface area contributed by atoms with Crippen molar-refractivity contribution >= 4 is 16.0 Å². The van der Waals surface area contributed by atoms with Crippen molar-refractivity contribution in [2.45, 2.75) is 70.0 Å². The van der Waals surface area contributed by atoms with Crippen molar-refractivity contribution in [1.82, 2.24) is 15.4 Å². The maximum atomic E-state index is 12.8. The van der Waals surface area contributed by atoms with Crippen LogP contribution in [-0.4, -0.2) is 45.2 Å². The summed E-state index contributed by atoms with van der Waals surface area (Å²) in [6.07, 6.45) is 2.08. The van der Waals surface area contributed by atoms with E-state index in [4.69, 9.17) is 4.74 Å². The molecule has 1 aliphatic heterocycles. The number of nitrogens with zero attached hydrogens (tertiary/aromatic N) is 1. The van der Waals surface area contributed by atoms with Crippen molar-refractivity contribution in [3.05, 3.63) is 29.8 Å². The van der Waals surface area contributed by atoms with Gasteiger partial charge in [0.1, 0.15) is 0 Å². The van der Waals surface area contributed by atoms with E-state index < -0.39 is 15.6 Å². The standard InChI is InChI=1S/C20H34N4O3S/c1-6-21-18(23-15-20(5)12-9-13-27-20)22-14-16-10-7-8-11-17(16)28(25,26)24-19(2,3)4/h7-8,10-11,24H,6,9,12-15H2,1-5H3,(H2,21,22,23). The van der Waals surface area contributed by atoms with Crippen LogP contribution in [0, 0.1) is 0 Å². The van der Waals surface area contributed by atoms with E-state index in [0.29, 0.717) is 18.1 Å². The summed E-state index contributed by atoms with van der Waals surface area (Å²) in [5.41, 5.74) is -0.0870. The third-order valence-corrected chi connectivity index (χ3v) is 6.24. The van der Waals surface area contributed by atoms with Gasteiger partial charge < -0.3 is 15.4 Å². The SMILES string of the molecule is CCNC(=NCc1ccccc1S(=O)(=O)NC(C)(C)C)NCC1(C)CCCO1. The van der Waals surface area contributed by atoms with Gasteiger partial charge in [0.05, 0.1) is 17.0 Å². The molecule has 0 saturated carbocycles. The molecule has 1 fully saturated rings. The zero-order chi connectivity index (χ0) is 20.8. The van der Waals surface area contributed by atoms with Gasteiger partial charge in [-0.2, -0.15) is 0 Å². The first-order valence-electron chi connectivity index (χ1n) is 9.83. The molecule has 1 atom stereocenters. The Balaban J connectivity index is 2.16. The van der Waals surface area contributed by atoms with Crippen LogP contribution in [0.4, 0.5) is 0 Å². The molecule has 1 heterocycles. The summed E-state index contributed by atoms with van der Waals surface area (Å²) in [4.78, 5) is 4.85. The Bertz CT molecular complexity index is 779. The highest BCUT2D eigenvalue weighted by atomic mass is 32.2. The molecule has 1 aromatic carbocycles. The number of benzene rings is 1. The van der Waals surface area contributed by atoms with E-state index in [0.717, 1.165) is 26.0 Å². The first kappa shape index (κ1) is 22.6. The number of aliphatic imine (C=N–C) groups is 1. The molecule has 28 heavy (non-hydrogen) atoms. The van der Waals surface area contributed by atoms with Gasteiger partial charge in [0.2, 0.25) is 10.0 Å². The van der Waals surface area contributed by atoms with Gasteiger partial charge in [-0.3, -0.25) is 0 Å². The minimum atomic E-state index is -3.62. The Morgan fingerprint density at radius 1 is 1.25 bits per heavy atom. The molecule has 0 aromatic heterocycles. The Morgan fingerprint density at radius 3 is 2.57 bits per heavy atom. The predicted molar refractivity (Wildman–Crippen MR) is 113 cm³/mol. The molecule has 1 aromatic rings. The monoisotopic (exact) mass is 410 g/mol. The van der Waals surface area contributed by atoms with E-state index in [1.54, 1.807) is 18.2 Å². The topological polar surface area (TPSA) is 91.8 Å². The highest BCUT2D eigenvalue weighted by Gasteiger charge is 2.29. The van der Waals surface area contributed by atoms with Crippen molar-refractivity contribution in [3.8, 4) is 0 Å². The molecule has 2 rings (SSSR count). The number of hydrogen-bond acceptors (Lipinski definition) is 4. The van der Waals surface area contributed by atoms with Crippen LogP contribution in [0.15, 0.2) is 34.2 Å². The number of ether oxygens (including phenoxy) is 1. The number of nitrogens with one attached hydrogen (secondary N) is 3. The predicted octanol–water partition coefficient (Wildman–Crippen LogP) is 2.39. The summed E-state index contributed by atoms with van der Waals surface area (Å²) in [7, 11) is -3.62. The summed E-state index contributed by atoms with van der Waals surface area (Å²) in [5, 5.41) is 6.53. The molecular weight excluding hydrogens is 376 g/mol. The van der Waals surface area contributed by atoms with Crippen LogP contribution in [0.3, 0.4) is 0 Å². The number of sulfonamides is 1. The number of guanidine groups is 1. The zero-order valence-electron chi connectivity index (χ0n) is 17.6. The van der Waals surface area contributed by atoms with E-state index in [9.17, 15) is 8.42 Å². The summed E-state index contributed by atoms with van der Waals surface area (Å²) in [6.45, 7) is 12.0. The Labute approximate surface area is 169 Å². The molecule has 0 aliphatic carbocycles. The molecule has 0 spiro atoms. The van der Waals surface area contributed by atoms with Crippen LogP contribution in [0.2, 0.25) is 0 Å². The Kier molecular flexibility index (Phi) is 7.47. The quantitative estimate of drug-likeness (QED) is 0.474. The molecule has 0 radical (unpaired) electrons. The minimum absolute atomic E-state index is 0.186. The summed E-state index contributed by atoms with van der Waals surface area (Å²) < 4.78 is 34.1. The van der Waals surface area contributed by atoms with Gasteiger partial charge in [-0.05, 0) is 59.1 Å². The average molecular weight is 411 g/mol. The van der Waals surface area contributed by atoms with Crippen molar-refractivity contribution in [2.75, 3.05) is 19.7 Å². The maximum absolute atomic E-state index is 12.8. The van der Waals surface area contributed by atoms with E-state index in [1.165, 1.54) is 0 Å². The van der Waals surface area contributed by atoms with E-state index in [-0.39, 0.29) is 17.0 Å². The van der Waals surface area contributed by atoms with Gasteiger partial charge in [-0.1, -0.05) is 18.2 Å². The lowest BCUT2D eigenvalue weighted by Gasteiger charge is -2.24. The van der Waals surface area contributed by atoms with Crippen LogP contribution >= 0.6 is 0 Å². The first-order chi connectivity index (χ1) is 13.0. The molecule has 3 N–H and O–H groups in total. The second-order valence-corrected chi connectivity index (χ2v) is 10.1. The Morgan fingerprint density at radius 2 is 1.96 bits per heavy atom. The molecule has 1 saturated heterocycles. The normalized spacial score (nSPS) is 21.0. The third kappa shape index (κ3) is 6.76. The van der Waals surface area contributed by atoms with Gasteiger partial charge in [-0.25, -0.2) is 18.1 Å². The van der Waals surface area contributed by atoms with Crippen LogP contribution in [0.1, 0.15) is 53.0 Å². The van der Waals surface area contributed by atoms with Gasteiger partial charge >= 0.3 is 0 Å². The third-order valence-electron chi connectivity index (χ3n) is 4.38. The van der Waals surface area contributed by atoms with Gasteiger partial charge in [0.15, 0.2) is 5.96 Å². The summed E-state index contributed by atoms with van der Waals surface area (Å²) in [5.74, 6) is 0.648. The van der Waals surface area contributed by atoms with Gasteiger partial charge in [0, 0.05) is 25.2 Å². The van der Waals surface area contributed by atoms with E-state index >= 15 is 0 Å². The van der Waals surface area contributed by atoms with Crippen LogP contribution in [0.5, 0.6) is 0 Å². The van der Waals surface area contributed by atoms with Crippen molar-refractivity contribution in [1.29, 1.82) is 0 Å². The molecular formula is C20H34N4O3S. The minimum Gasteiger partial charge on any atom is -0.373 e. The maximum Gasteiger partial charge on any atom is 0.241 e. The Hall–Kier alpha value is -1.64. The van der Waals surface area contributed by atoms with E-state index in [2.05, 4.69) is 27.3 Å². The molecule has 0 amide bonds. The molecule has 0 bridgehead atoms. The highest BCUT2D eigenvalue weighted by molar-refractivity contribution is 7.89. The van der Waals surface area contributed by atoms with Crippen molar-refractivity contribution in [3.63, 3.8) is 0 Å². The zero-order valence-corrected chi connectivity index (χ0v) is 18.4. The van der Waals surface area contributed by atoms with Crippen LogP contribution < -0.4 is 15.4 Å². The number of rotatable bonds is 7. The van der Waals surface area contributed by atoms with Crippen molar-refractivity contribution < 1.29 is 13.2 Å². The molecule has 1 aliphatic rings. The van der Waals surface area contributed by atoms with Gasteiger partial charge in [-0.15, -0.1) is 0 Å². The smallest absolute Gasteiger partial charge is 0.241 e. The van der Waals surface area contributed by atoms with E-state index in [1.807, 2.05) is 33.8 Å².